The van der Waals surface area contributed by atoms with Crippen molar-refractivity contribution in [1.29, 1.82) is 5.26 Å². The highest BCUT2D eigenvalue weighted by Gasteiger charge is 2.28. The molecule has 1 fully saturated rings. The first-order chi connectivity index (χ1) is 4.74. The molecule has 0 bridgehead atoms. The van der Waals surface area contributed by atoms with Crippen LogP contribution in [0, 0.1) is 17.2 Å². The fourth-order valence-corrected chi connectivity index (χ4v) is 1.16. The van der Waals surface area contributed by atoms with Crippen LogP contribution in [-0.2, 0) is 0 Å². The molecule has 1 saturated carbocycles. The molecule has 0 aliphatic heterocycles. The van der Waals surface area contributed by atoms with Crippen molar-refractivity contribution in [3.8, 4) is 6.07 Å². The maximum absolute atomic E-state index is 8.47. The maximum atomic E-state index is 8.47. The van der Waals surface area contributed by atoms with Crippen molar-refractivity contribution in [1.82, 2.24) is 5.32 Å². The van der Waals surface area contributed by atoms with Gasteiger partial charge < -0.3 is 0 Å². The fourth-order valence-electron chi connectivity index (χ4n) is 1.16. The van der Waals surface area contributed by atoms with Crippen LogP contribution in [0.3, 0.4) is 0 Å². The van der Waals surface area contributed by atoms with Gasteiger partial charge in [0.1, 0.15) is 0 Å². The summed E-state index contributed by atoms with van der Waals surface area (Å²) >= 11 is 0. The van der Waals surface area contributed by atoms with Crippen LogP contribution in [0.1, 0.15) is 26.7 Å². The SMILES string of the molecule is CC(C#N)NC(C)C1CC1. The lowest BCUT2D eigenvalue weighted by Gasteiger charge is -2.13. The number of nitriles is 1. The van der Waals surface area contributed by atoms with E-state index < -0.39 is 0 Å². The lowest BCUT2D eigenvalue weighted by molar-refractivity contribution is 0.476. The summed E-state index contributed by atoms with van der Waals surface area (Å²) in [7, 11) is 0. The molecule has 1 rings (SSSR count). The average molecular weight is 138 g/mol. The molecule has 1 N–H and O–H groups in total. The van der Waals surface area contributed by atoms with Gasteiger partial charge in [-0.1, -0.05) is 0 Å². The highest BCUT2D eigenvalue weighted by molar-refractivity contribution is 4.91. The van der Waals surface area contributed by atoms with E-state index in [9.17, 15) is 0 Å². The zero-order valence-corrected chi connectivity index (χ0v) is 6.59. The van der Waals surface area contributed by atoms with E-state index >= 15 is 0 Å². The van der Waals surface area contributed by atoms with Gasteiger partial charge in [0.05, 0.1) is 12.1 Å². The van der Waals surface area contributed by atoms with Crippen LogP contribution in [-0.4, -0.2) is 12.1 Å². The van der Waals surface area contributed by atoms with Gasteiger partial charge in [0.25, 0.3) is 0 Å². The van der Waals surface area contributed by atoms with Crippen LogP contribution in [0.5, 0.6) is 0 Å². The zero-order chi connectivity index (χ0) is 7.56. The normalized spacial score (nSPS) is 23.3. The Morgan fingerprint density at radius 2 is 2.10 bits per heavy atom. The van der Waals surface area contributed by atoms with Crippen molar-refractivity contribution in [3.63, 3.8) is 0 Å². The first-order valence-corrected chi connectivity index (χ1v) is 3.89. The van der Waals surface area contributed by atoms with E-state index in [1.165, 1.54) is 12.8 Å². The van der Waals surface area contributed by atoms with Crippen LogP contribution in [0.4, 0.5) is 0 Å². The molecule has 2 atom stereocenters. The summed E-state index contributed by atoms with van der Waals surface area (Å²) in [6.07, 6.45) is 2.68. The van der Waals surface area contributed by atoms with Crippen molar-refractivity contribution in [3.05, 3.63) is 0 Å². The molecule has 2 nitrogen and oxygen atoms in total. The summed E-state index contributed by atoms with van der Waals surface area (Å²) in [5.74, 6) is 0.843. The Labute approximate surface area is 62.2 Å². The van der Waals surface area contributed by atoms with Crippen LogP contribution >= 0.6 is 0 Å². The smallest absolute Gasteiger partial charge is 0.0926 e. The molecule has 0 radical (unpaired) electrons. The molecular formula is C8H14N2. The fraction of sp³-hybridized carbons (Fsp3) is 0.875. The van der Waals surface area contributed by atoms with Gasteiger partial charge in [0.2, 0.25) is 0 Å². The van der Waals surface area contributed by atoms with Crippen molar-refractivity contribution < 1.29 is 0 Å². The molecule has 0 aromatic rings. The van der Waals surface area contributed by atoms with Gasteiger partial charge in [-0.3, -0.25) is 5.32 Å². The van der Waals surface area contributed by atoms with Gasteiger partial charge in [-0.05, 0) is 32.6 Å². The van der Waals surface area contributed by atoms with Crippen molar-refractivity contribution >= 4 is 0 Å². The van der Waals surface area contributed by atoms with Gasteiger partial charge in [0.15, 0.2) is 0 Å². The molecule has 10 heavy (non-hydrogen) atoms. The predicted octanol–water partition coefficient (Wildman–Crippen LogP) is 1.29. The number of rotatable bonds is 3. The number of nitrogens with zero attached hydrogens (tertiary/aromatic N) is 1. The Morgan fingerprint density at radius 1 is 1.50 bits per heavy atom. The van der Waals surface area contributed by atoms with Gasteiger partial charge in [-0.15, -0.1) is 0 Å². The topological polar surface area (TPSA) is 35.8 Å². The molecule has 0 saturated heterocycles. The minimum atomic E-state index is 0.00981. The Kier molecular flexibility index (Phi) is 2.29. The minimum Gasteiger partial charge on any atom is -0.299 e. The van der Waals surface area contributed by atoms with Crippen LogP contribution in [0.15, 0.2) is 0 Å². The van der Waals surface area contributed by atoms with Gasteiger partial charge in [0, 0.05) is 6.04 Å². The van der Waals surface area contributed by atoms with E-state index in [2.05, 4.69) is 18.3 Å². The van der Waals surface area contributed by atoms with E-state index in [-0.39, 0.29) is 6.04 Å². The van der Waals surface area contributed by atoms with Crippen molar-refractivity contribution in [2.24, 2.45) is 5.92 Å². The zero-order valence-electron chi connectivity index (χ0n) is 6.59. The molecule has 1 aliphatic carbocycles. The molecule has 0 spiro atoms. The summed E-state index contributed by atoms with van der Waals surface area (Å²) in [5.41, 5.74) is 0. The summed E-state index contributed by atoms with van der Waals surface area (Å²) in [6, 6.07) is 2.71. The highest BCUT2D eigenvalue weighted by Crippen LogP contribution is 2.32. The van der Waals surface area contributed by atoms with Gasteiger partial charge in [-0.25, -0.2) is 0 Å². The Bertz CT molecular complexity index is 144. The Balaban J connectivity index is 2.17. The van der Waals surface area contributed by atoms with Crippen LogP contribution in [0.2, 0.25) is 0 Å². The minimum absolute atomic E-state index is 0.00981. The monoisotopic (exact) mass is 138 g/mol. The van der Waals surface area contributed by atoms with E-state index in [0.717, 1.165) is 5.92 Å². The second kappa shape index (κ2) is 3.03. The summed E-state index contributed by atoms with van der Waals surface area (Å²) in [4.78, 5) is 0. The maximum Gasteiger partial charge on any atom is 0.0926 e. The summed E-state index contributed by atoms with van der Waals surface area (Å²) < 4.78 is 0. The highest BCUT2D eigenvalue weighted by atomic mass is 14.9. The number of hydrogen-bond acceptors (Lipinski definition) is 2. The molecule has 2 unspecified atom stereocenters. The largest absolute Gasteiger partial charge is 0.299 e. The van der Waals surface area contributed by atoms with E-state index in [1.54, 1.807) is 0 Å². The van der Waals surface area contributed by atoms with Crippen LogP contribution in [0.25, 0.3) is 0 Å². The first-order valence-electron chi connectivity index (χ1n) is 3.89. The Hall–Kier alpha value is -0.550. The summed E-state index contributed by atoms with van der Waals surface area (Å²) in [6.45, 7) is 4.06. The first kappa shape index (κ1) is 7.56. The second-order valence-electron chi connectivity index (χ2n) is 3.14. The molecule has 0 aromatic heterocycles. The molecular weight excluding hydrogens is 124 g/mol. The second-order valence-corrected chi connectivity index (χ2v) is 3.14. The lowest BCUT2D eigenvalue weighted by atomic mass is 10.2. The molecule has 0 aromatic carbocycles. The molecule has 0 heterocycles. The molecule has 0 amide bonds. The standard InChI is InChI=1S/C8H14N2/c1-6(5-9)10-7(2)8-3-4-8/h6-8,10H,3-4H2,1-2H3. The van der Waals surface area contributed by atoms with E-state index in [0.29, 0.717) is 6.04 Å². The van der Waals surface area contributed by atoms with Crippen LogP contribution < -0.4 is 5.32 Å². The molecule has 1 aliphatic rings. The average Bonchev–Trinajstić information content (AvgIpc) is 2.68. The quantitative estimate of drug-likeness (QED) is 0.637. The third-order valence-corrected chi connectivity index (χ3v) is 2.04. The van der Waals surface area contributed by atoms with E-state index in [4.69, 9.17) is 5.26 Å². The molecule has 2 heteroatoms. The third-order valence-electron chi connectivity index (χ3n) is 2.04. The predicted molar refractivity (Wildman–Crippen MR) is 40.4 cm³/mol. The van der Waals surface area contributed by atoms with Gasteiger partial charge in [-0.2, -0.15) is 5.26 Å². The number of nitrogens with one attached hydrogen (secondary N) is 1. The lowest BCUT2D eigenvalue weighted by Crippen LogP contribution is -2.34. The van der Waals surface area contributed by atoms with Crippen molar-refractivity contribution in [2.45, 2.75) is 38.8 Å². The van der Waals surface area contributed by atoms with Crippen molar-refractivity contribution in [2.75, 3.05) is 0 Å². The third kappa shape index (κ3) is 2.00. The van der Waals surface area contributed by atoms with E-state index in [1.807, 2.05) is 6.92 Å². The summed E-state index contributed by atoms with van der Waals surface area (Å²) in [5, 5.41) is 11.7. The van der Waals surface area contributed by atoms with Gasteiger partial charge >= 0.3 is 0 Å². The number of hydrogen-bond donors (Lipinski definition) is 1. The molecule has 56 valence electrons. The Morgan fingerprint density at radius 3 is 2.50 bits per heavy atom.